The maximum absolute atomic E-state index is 11.9. The third-order valence-corrected chi connectivity index (χ3v) is 5.16. The Kier molecular flexibility index (Phi) is 7.25. The molecule has 0 aliphatic rings. The van der Waals surface area contributed by atoms with Crippen molar-refractivity contribution in [2.45, 2.75) is 17.6 Å². The fourth-order valence-electron chi connectivity index (χ4n) is 1.75. The van der Waals surface area contributed by atoms with Gasteiger partial charge >= 0.3 is 0 Å². The molecule has 0 unspecified atom stereocenters. The van der Waals surface area contributed by atoms with Crippen LogP contribution >= 0.6 is 23.1 Å². The summed E-state index contributed by atoms with van der Waals surface area (Å²) >= 11 is 2.73. The lowest BCUT2D eigenvalue weighted by molar-refractivity contribution is -0.117. The Bertz CT molecular complexity index is 791. The van der Waals surface area contributed by atoms with E-state index < -0.39 is 0 Å². The number of carbonyl (C=O) groups is 2. The van der Waals surface area contributed by atoms with E-state index in [4.69, 9.17) is 9.68 Å². The molecule has 0 spiro atoms. The van der Waals surface area contributed by atoms with Crippen LogP contribution in [0, 0.1) is 18.3 Å². The molecule has 0 radical (unpaired) electrons. The summed E-state index contributed by atoms with van der Waals surface area (Å²) in [5.74, 6) is 0.385. The topological polar surface area (TPSA) is 108 Å². The van der Waals surface area contributed by atoms with Crippen LogP contribution in [0.25, 0.3) is 6.08 Å². The number of aryl methyl sites for hydroxylation is 1. The van der Waals surface area contributed by atoms with Gasteiger partial charge in [-0.2, -0.15) is 5.26 Å². The maximum atomic E-state index is 11.9. The van der Waals surface area contributed by atoms with Crippen molar-refractivity contribution in [2.24, 2.45) is 0 Å². The summed E-state index contributed by atoms with van der Waals surface area (Å²) < 4.78 is 5.98. The molecule has 0 saturated heterocycles. The number of thioether (sulfide) groups is 1. The molecule has 0 atom stereocenters. The third kappa shape index (κ3) is 6.45. The molecule has 0 saturated carbocycles. The molecule has 2 aromatic rings. The summed E-state index contributed by atoms with van der Waals surface area (Å²) in [7, 11) is 0. The molecule has 2 amide bonds. The van der Waals surface area contributed by atoms with E-state index in [0.29, 0.717) is 16.6 Å². The Balaban J connectivity index is 1.72. The number of anilines is 1. The van der Waals surface area contributed by atoms with Crippen molar-refractivity contribution in [3.8, 4) is 6.07 Å². The van der Waals surface area contributed by atoms with Crippen molar-refractivity contribution in [1.82, 2.24) is 10.3 Å². The first-order chi connectivity index (χ1) is 12.1. The molecule has 7 nitrogen and oxygen atoms in total. The van der Waals surface area contributed by atoms with Crippen LogP contribution in [-0.4, -0.2) is 29.1 Å². The van der Waals surface area contributed by atoms with E-state index in [1.54, 1.807) is 18.2 Å². The third-order valence-electron chi connectivity index (χ3n) is 2.86. The van der Waals surface area contributed by atoms with Crippen LogP contribution < -0.4 is 10.6 Å². The van der Waals surface area contributed by atoms with E-state index in [0.717, 1.165) is 9.90 Å². The van der Waals surface area contributed by atoms with Crippen LogP contribution in [0.3, 0.4) is 0 Å². The number of aromatic nitrogens is 1. The van der Waals surface area contributed by atoms with Gasteiger partial charge in [0.1, 0.15) is 5.76 Å². The van der Waals surface area contributed by atoms with Crippen molar-refractivity contribution in [3.05, 3.63) is 35.9 Å². The number of carbonyl (C=O) groups excluding carboxylic acids is 2. The van der Waals surface area contributed by atoms with Gasteiger partial charge in [0.25, 0.3) is 0 Å². The number of thiazole rings is 1. The number of hydrogen-bond acceptors (Lipinski definition) is 7. The molecule has 0 aromatic carbocycles. The largest absolute Gasteiger partial charge is 0.465 e. The highest BCUT2D eigenvalue weighted by atomic mass is 32.2. The molecule has 130 valence electrons. The second-order valence-electron chi connectivity index (χ2n) is 4.78. The number of nitrogens with one attached hydrogen (secondary N) is 2. The van der Waals surface area contributed by atoms with E-state index in [2.05, 4.69) is 21.7 Å². The van der Waals surface area contributed by atoms with Gasteiger partial charge in [-0.15, -0.1) is 0 Å². The lowest BCUT2D eigenvalue weighted by Crippen LogP contribution is -2.26. The smallest absolute Gasteiger partial charge is 0.244 e. The Hall–Kier alpha value is -2.57. The average molecular weight is 376 g/mol. The number of nitrogens with zero attached hydrogens (tertiary/aromatic N) is 2. The highest BCUT2D eigenvalue weighted by molar-refractivity contribution is 8.01. The van der Waals surface area contributed by atoms with Crippen molar-refractivity contribution in [1.29, 1.82) is 5.26 Å². The number of amides is 2. The minimum absolute atomic E-state index is 0.139. The highest BCUT2D eigenvalue weighted by Gasteiger charge is 2.11. The summed E-state index contributed by atoms with van der Waals surface area (Å²) in [6.45, 7) is 2.05. The second-order valence-corrected chi connectivity index (χ2v) is 7.02. The molecule has 0 bridgehead atoms. The first-order valence-electron chi connectivity index (χ1n) is 7.35. The van der Waals surface area contributed by atoms with Gasteiger partial charge in [-0.3, -0.25) is 9.59 Å². The Labute approximate surface area is 153 Å². The zero-order valence-corrected chi connectivity index (χ0v) is 15.1. The minimum Gasteiger partial charge on any atom is -0.465 e. The molecule has 0 aliphatic heterocycles. The van der Waals surface area contributed by atoms with Crippen LogP contribution in [0.2, 0.25) is 0 Å². The van der Waals surface area contributed by atoms with Crippen molar-refractivity contribution < 1.29 is 14.0 Å². The first-order valence-corrected chi connectivity index (χ1v) is 9.15. The fourth-order valence-corrected chi connectivity index (χ4v) is 3.57. The van der Waals surface area contributed by atoms with E-state index in [1.165, 1.54) is 35.4 Å². The summed E-state index contributed by atoms with van der Waals surface area (Å²) in [6, 6.07) is 5.52. The summed E-state index contributed by atoms with van der Waals surface area (Å²) in [5.41, 5.74) is 0.789. The van der Waals surface area contributed by atoms with Gasteiger partial charge in [-0.05, 0) is 25.1 Å². The summed E-state index contributed by atoms with van der Waals surface area (Å²) in [4.78, 5) is 27.8. The molecule has 25 heavy (non-hydrogen) atoms. The molecule has 2 rings (SSSR count). The quantitative estimate of drug-likeness (QED) is 0.542. The SMILES string of the molecule is Cc1nc(NC(=O)CCNC(=O)/C=C/c2ccco2)sc1SCC#N. The van der Waals surface area contributed by atoms with E-state index in [9.17, 15) is 9.59 Å². The Morgan fingerprint density at radius 3 is 3.08 bits per heavy atom. The van der Waals surface area contributed by atoms with Crippen LogP contribution in [0.5, 0.6) is 0 Å². The van der Waals surface area contributed by atoms with Crippen molar-refractivity contribution in [2.75, 3.05) is 17.6 Å². The number of furan rings is 1. The number of rotatable bonds is 8. The molecule has 0 aliphatic carbocycles. The maximum Gasteiger partial charge on any atom is 0.244 e. The van der Waals surface area contributed by atoms with E-state index >= 15 is 0 Å². The van der Waals surface area contributed by atoms with Gasteiger partial charge in [-0.25, -0.2) is 4.98 Å². The number of hydrogen-bond donors (Lipinski definition) is 2. The lowest BCUT2D eigenvalue weighted by atomic mass is 10.3. The molecule has 2 N–H and O–H groups in total. The van der Waals surface area contributed by atoms with Crippen molar-refractivity contribution >= 4 is 46.1 Å². The monoisotopic (exact) mass is 376 g/mol. The minimum atomic E-state index is -0.301. The van der Waals surface area contributed by atoms with Gasteiger partial charge in [0, 0.05) is 19.0 Å². The van der Waals surface area contributed by atoms with Gasteiger partial charge in [0.15, 0.2) is 5.13 Å². The zero-order valence-electron chi connectivity index (χ0n) is 13.4. The first kappa shape index (κ1) is 18.8. The van der Waals surface area contributed by atoms with Gasteiger partial charge < -0.3 is 15.1 Å². The average Bonchev–Trinajstić information content (AvgIpc) is 3.20. The summed E-state index contributed by atoms with van der Waals surface area (Å²) in [5, 5.41) is 14.4. The van der Waals surface area contributed by atoms with Crippen LogP contribution in [0.1, 0.15) is 17.9 Å². The zero-order chi connectivity index (χ0) is 18.1. The number of nitriles is 1. The molecular formula is C16H16N4O3S2. The highest BCUT2D eigenvalue weighted by Crippen LogP contribution is 2.31. The van der Waals surface area contributed by atoms with Crippen LogP contribution in [0.4, 0.5) is 5.13 Å². The predicted octanol–water partition coefficient (Wildman–Crippen LogP) is 2.82. The molecule has 9 heteroatoms. The van der Waals surface area contributed by atoms with Crippen LogP contribution in [-0.2, 0) is 9.59 Å². The van der Waals surface area contributed by atoms with Gasteiger partial charge in [0.05, 0.1) is 28.0 Å². The predicted molar refractivity (Wildman–Crippen MR) is 97.2 cm³/mol. The van der Waals surface area contributed by atoms with E-state index in [1.807, 2.05) is 6.92 Å². The Morgan fingerprint density at radius 2 is 2.36 bits per heavy atom. The molecule has 2 aromatic heterocycles. The van der Waals surface area contributed by atoms with Crippen LogP contribution in [0.15, 0.2) is 33.1 Å². The summed E-state index contributed by atoms with van der Waals surface area (Å²) in [6.07, 6.45) is 4.56. The van der Waals surface area contributed by atoms with Gasteiger partial charge in [0.2, 0.25) is 11.8 Å². The van der Waals surface area contributed by atoms with Gasteiger partial charge in [-0.1, -0.05) is 23.1 Å². The molecular weight excluding hydrogens is 360 g/mol. The lowest BCUT2D eigenvalue weighted by Gasteiger charge is -2.02. The normalized spacial score (nSPS) is 10.6. The molecule has 0 fully saturated rings. The second kappa shape index (κ2) is 9.66. The van der Waals surface area contributed by atoms with Crippen molar-refractivity contribution in [3.63, 3.8) is 0 Å². The molecule has 2 heterocycles. The fraction of sp³-hybridized carbons (Fsp3) is 0.250. The Morgan fingerprint density at radius 1 is 1.52 bits per heavy atom. The standard InChI is InChI=1S/C16H16N4O3S2/c1-11-15(24-10-7-17)25-16(19-11)20-14(22)6-8-18-13(21)5-4-12-3-2-9-23-12/h2-5,9H,6,8,10H2,1H3,(H,18,21)(H,19,20,22)/b5-4+. The van der Waals surface area contributed by atoms with E-state index in [-0.39, 0.29) is 24.8 Å².